The molecule has 16 heavy (non-hydrogen) atoms. The molecule has 0 aliphatic rings. The predicted octanol–water partition coefficient (Wildman–Crippen LogP) is 1.48. The van der Waals surface area contributed by atoms with E-state index in [1.165, 1.54) is 12.3 Å². The molecule has 1 rings (SSSR count). The lowest BCUT2D eigenvalue weighted by Gasteiger charge is -2.17. The van der Waals surface area contributed by atoms with Gasteiger partial charge in [0, 0.05) is 12.4 Å². The first-order valence-electron chi connectivity index (χ1n) is 5.07. The van der Waals surface area contributed by atoms with Crippen LogP contribution in [0.15, 0.2) is 37.2 Å². The quantitative estimate of drug-likeness (QED) is 0.604. The number of carbonyl (C=O) groups is 1. The fourth-order valence-electron chi connectivity index (χ4n) is 1.35. The third kappa shape index (κ3) is 2.90. The SMILES string of the molecule is C=C[C@H](C(=O)OCC)[C@H](O)c1cccnc1. The first kappa shape index (κ1) is 12.4. The molecule has 1 aromatic heterocycles. The van der Waals surface area contributed by atoms with E-state index in [-0.39, 0.29) is 6.61 Å². The number of carbonyl (C=O) groups excluding carboxylic acids is 1. The summed E-state index contributed by atoms with van der Waals surface area (Å²) in [6, 6.07) is 3.40. The zero-order valence-corrected chi connectivity index (χ0v) is 9.17. The van der Waals surface area contributed by atoms with Gasteiger partial charge in [0.25, 0.3) is 0 Å². The van der Waals surface area contributed by atoms with Gasteiger partial charge in [0.2, 0.25) is 0 Å². The minimum absolute atomic E-state index is 0.281. The van der Waals surface area contributed by atoms with Crippen LogP contribution < -0.4 is 0 Å². The third-order valence-corrected chi connectivity index (χ3v) is 2.18. The maximum Gasteiger partial charge on any atom is 0.315 e. The fraction of sp³-hybridized carbons (Fsp3) is 0.333. The topological polar surface area (TPSA) is 59.4 Å². The molecule has 0 unspecified atom stereocenters. The molecular weight excluding hydrogens is 206 g/mol. The Kier molecular flexibility index (Phi) is 4.66. The van der Waals surface area contributed by atoms with Crippen LogP contribution in [-0.2, 0) is 9.53 Å². The second-order valence-corrected chi connectivity index (χ2v) is 3.24. The van der Waals surface area contributed by atoms with Gasteiger partial charge < -0.3 is 9.84 Å². The molecular formula is C12H15NO3. The second-order valence-electron chi connectivity index (χ2n) is 3.24. The maximum atomic E-state index is 11.5. The van der Waals surface area contributed by atoms with Crippen LogP contribution in [0.25, 0.3) is 0 Å². The van der Waals surface area contributed by atoms with Gasteiger partial charge >= 0.3 is 5.97 Å². The van der Waals surface area contributed by atoms with E-state index in [0.29, 0.717) is 5.56 Å². The van der Waals surface area contributed by atoms with E-state index in [9.17, 15) is 9.90 Å². The average Bonchev–Trinajstić information content (AvgIpc) is 2.31. The highest BCUT2D eigenvalue weighted by molar-refractivity contribution is 5.75. The van der Waals surface area contributed by atoms with Gasteiger partial charge in [0.1, 0.15) is 5.92 Å². The summed E-state index contributed by atoms with van der Waals surface area (Å²) in [6.07, 6.45) is 3.53. The van der Waals surface area contributed by atoms with E-state index < -0.39 is 18.0 Å². The Morgan fingerprint density at radius 2 is 2.50 bits per heavy atom. The maximum absolute atomic E-state index is 11.5. The number of hydrogen-bond acceptors (Lipinski definition) is 4. The summed E-state index contributed by atoms with van der Waals surface area (Å²) in [4.78, 5) is 15.4. The Bertz CT molecular complexity index is 351. The van der Waals surface area contributed by atoms with Crippen molar-refractivity contribution in [3.63, 3.8) is 0 Å². The number of ether oxygens (including phenoxy) is 1. The van der Waals surface area contributed by atoms with E-state index in [1.807, 2.05) is 0 Å². The van der Waals surface area contributed by atoms with Gasteiger partial charge in [-0.15, -0.1) is 6.58 Å². The summed E-state index contributed by atoms with van der Waals surface area (Å²) in [5.41, 5.74) is 0.570. The van der Waals surface area contributed by atoms with E-state index in [0.717, 1.165) is 0 Å². The van der Waals surface area contributed by atoms with Gasteiger partial charge in [-0.3, -0.25) is 9.78 Å². The molecule has 86 valence electrons. The molecule has 4 heteroatoms. The summed E-state index contributed by atoms with van der Waals surface area (Å²) in [5, 5.41) is 9.97. The molecule has 1 heterocycles. The second kappa shape index (κ2) is 6.02. The Balaban J connectivity index is 2.81. The minimum atomic E-state index is -0.967. The van der Waals surface area contributed by atoms with Crippen molar-refractivity contribution in [2.45, 2.75) is 13.0 Å². The standard InChI is InChI=1S/C12H15NO3/c1-3-10(12(15)16-4-2)11(14)9-6-5-7-13-8-9/h3,5-8,10-11,14H,1,4H2,2H3/t10-,11+/m0/s1. The first-order valence-corrected chi connectivity index (χ1v) is 5.07. The molecule has 0 spiro atoms. The zero-order valence-electron chi connectivity index (χ0n) is 9.17. The molecule has 0 aliphatic heterocycles. The number of aliphatic hydroxyl groups excluding tert-OH is 1. The number of pyridine rings is 1. The highest BCUT2D eigenvalue weighted by Crippen LogP contribution is 2.23. The smallest absolute Gasteiger partial charge is 0.315 e. The number of aliphatic hydroxyl groups is 1. The van der Waals surface area contributed by atoms with Gasteiger partial charge in [-0.25, -0.2) is 0 Å². The van der Waals surface area contributed by atoms with Crippen molar-refractivity contribution in [3.05, 3.63) is 42.7 Å². The lowest BCUT2D eigenvalue weighted by Crippen LogP contribution is -2.22. The monoisotopic (exact) mass is 221 g/mol. The molecule has 0 aromatic carbocycles. The van der Waals surface area contributed by atoms with E-state index >= 15 is 0 Å². The van der Waals surface area contributed by atoms with Gasteiger partial charge in [0.05, 0.1) is 12.7 Å². The van der Waals surface area contributed by atoms with Crippen LogP contribution >= 0.6 is 0 Å². The number of aromatic nitrogens is 1. The Labute approximate surface area is 94.6 Å². The van der Waals surface area contributed by atoms with E-state index in [2.05, 4.69) is 11.6 Å². The van der Waals surface area contributed by atoms with Crippen molar-refractivity contribution in [3.8, 4) is 0 Å². The van der Waals surface area contributed by atoms with Crippen LogP contribution in [0.5, 0.6) is 0 Å². The van der Waals surface area contributed by atoms with Crippen LogP contribution in [-0.4, -0.2) is 22.7 Å². The van der Waals surface area contributed by atoms with Crippen LogP contribution in [0.2, 0.25) is 0 Å². The lowest BCUT2D eigenvalue weighted by molar-refractivity contribution is -0.149. The zero-order chi connectivity index (χ0) is 12.0. The first-order chi connectivity index (χ1) is 7.70. The Hall–Kier alpha value is -1.68. The third-order valence-electron chi connectivity index (χ3n) is 2.18. The molecule has 0 aliphatic carbocycles. The molecule has 0 radical (unpaired) electrons. The number of nitrogens with zero attached hydrogens (tertiary/aromatic N) is 1. The van der Waals surface area contributed by atoms with Crippen LogP contribution in [0, 0.1) is 5.92 Å². The molecule has 1 aromatic rings. The van der Waals surface area contributed by atoms with Crippen molar-refractivity contribution in [1.29, 1.82) is 0 Å². The van der Waals surface area contributed by atoms with Crippen molar-refractivity contribution < 1.29 is 14.6 Å². The summed E-state index contributed by atoms with van der Waals surface area (Å²) in [5.74, 6) is -1.24. The van der Waals surface area contributed by atoms with Crippen molar-refractivity contribution in [2.24, 2.45) is 5.92 Å². The summed E-state index contributed by atoms with van der Waals surface area (Å²) in [7, 11) is 0. The summed E-state index contributed by atoms with van der Waals surface area (Å²) >= 11 is 0. The number of rotatable bonds is 5. The predicted molar refractivity (Wildman–Crippen MR) is 59.5 cm³/mol. The van der Waals surface area contributed by atoms with Gasteiger partial charge in [-0.1, -0.05) is 12.1 Å². The molecule has 0 bridgehead atoms. The molecule has 0 saturated carbocycles. The fourth-order valence-corrected chi connectivity index (χ4v) is 1.35. The molecule has 1 N–H and O–H groups in total. The van der Waals surface area contributed by atoms with Gasteiger partial charge in [0.15, 0.2) is 0 Å². The van der Waals surface area contributed by atoms with Crippen molar-refractivity contribution in [1.82, 2.24) is 4.98 Å². The number of hydrogen-bond donors (Lipinski definition) is 1. The van der Waals surface area contributed by atoms with Crippen molar-refractivity contribution >= 4 is 5.97 Å². The molecule has 2 atom stereocenters. The summed E-state index contributed by atoms with van der Waals surface area (Å²) < 4.78 is 4.85. The van der Waals surface area contributed by atoms with E-state index in [4.69, 9.17) is 4.74 Å². The Morgan fingerprint density at radius 1 is 1.75 bits per heavy atom. The highest BCUT2D eigenvalue weighted by Gasteiger charge is 2.26. The summed E-state index contributed by atoms with van der Waals surface area (Å²) in [6.45, 7) is 5.53. The normalized spacial score (nSPS) is 13.9. The van der Waals surface area contributed by atoms with Crippen LogP contribution in [0.3, 0.4) is 0 Å². The Morgan fingerprint density at radius 3 is 3.00 bits per heavy atom. The molecule has 0 saturated heterocycles. The lowest BCUT2D eigenvalue weighted by atomic mass is 9.97. The van der Waals surface area contributed by atoms with E-state index in [1.54, 1.807) is 25.3 Å². The highest BCUT2D eigenvalue weighted by atomic mass is 16.5. The number of esters is 1. The largest absolute Gasteiger partial charge is 0.465 e. The van der Waals surface area contributed by atoms with Crippen LogP contribution in [0.4, 0.5) is 0 Å². The molecule has 0 fully saturated rings. The molecule has 0 amide bonds. The van der Waals surface area contributed by atoms with Gasteiger partial charge in [-0.2, -0.15) is 0 Å². The molecule has 4 nitrogen and oxygen atoms in total. The van der Waals surface area contributed by atoms with Crippen LogP contribution in [0.1, 0.15) is 18.6 Å². The average molecular weight is 221 g/mol. The minimum Gasteiger partial charge on any atom is -0.465 e. The van der Waals surface area contributed by atoms with Gasteiger partial charge in [-0.05, 0) is 18.6 Å². The van der Waals surface area contributed by atoms with Crippen molar-refractivity contribution in [2.75, 3.05) is 6.61 Å².